The fourth-order valence-corrected chi connectivity index (χ4v) is 1.66. The molecular formula is C11H14N4O. The lowest BCUT2D eigenvalue weighted by molar-refractivity contribution is 0.439. The third-order valence-corrected chi connectivity index (χ3v) is 2.78. The van der Waals surface area contributed by atoms with Gasteiger partial charge in [-0.2, -0.15) is 0 Å². The number of nitrogens with zero attached hydrogens (tertiary/aromatic N) is 4. The minimum atomic E-state index is 0.523. The van der Waals surface area contributed by atoms with Gasteiger partial charge in [-0.05, 0) is 19.3 Å². The molecule has 2 heterocycles. The molecule has 5 nitrogen and oxygen atoms in total. The van der Waals surface area contributed by atoms with Gasteiger partial charge in [0.2, 0.25) is 11.8 Å². The summed E-state index contributed by atoms with van der Waals surface area (Å²) in [5.74, 6) is 1.99. The van der Waals surface area contributed by atoms with Gasteiger partial charge in [0, 0.05) is 12.1 Å². The van der Waals surface area contributed by atoms with Gasteiger partial charge >= 0.3 is 0 Å². The molecule has 0 unspecified atom stereocenters. The maximum atomic E-state index is 5.58. The summed E-state index contributed by atoms with van der Waals surface area (Å²) in [6, 6.07) is 0. The lowest BCUT2D eigenvalue weighted by Crippen LogP contribution is -1.96. The molecule has 2 aromatic rings. The van der Waals surface area contributed by atoms with Crippen molar-refractivity contribution in [2.75, 3.05) is 0 Å². The minimum absolute atomic E-state index is 0.523. The number of aryl methyl sites for hydroxylation is 1. The van der Waals surface area contributed by atoms with Gasteiger partial charge in [0.1, 0.15) is 6.54 Å². The summed E-state index contributed by atoms with van der Waals surface area (Å²) < 4.78 is 7.56. The van der Waals surface area contributed by atoms with E-state index >= 15 is 0 Å². The molecule has 0 N–H and O–H groups in total. The molecule has 5 heteroatoms. The van der Waals surface area contributed by atoms with Crippen LogP contribution in [0.15, 0.2) is 16.9 Å². The topological polar surface area (TPSA) is 56.7 Å². The fraction of sp³-hybridized carbons (Fsp3) is 0.545. The second-order valence-corrected chi connectivity index (χ2v) is 4.20. The lowest BCUT2D eigenvalue weighted by Gasteiger charge is -1.95. The first-order valence-corrected chi connectivity index (χ1v) is 5.68. The van der Waals surface area contributed by atoms with Gasteiger partial charge in [-0.3, -0.25) is 0 Å². The van der Waals surface area contributed by atoms with Crippen LogP contribution in [-0.2, 0) is 13.0 Å². The van der Waals surface area contributed by atoms with Crippen molar-refractivity contribution in [2.45, 2.75) is 38.6 Å². The van der Waals surface area contributed by atoms with Gasteiger partial charge in [-0.15, -0.1) is 10.2 Å². The highest BCUT2D eigenvalue weighted by Gasteiger charge is 2.29. The molecule has 1 aliphatic carbocycles. The first-order valence-electron chi connectivity index (χ1n) is 5.68. The lowest BCUT2D eigenvalue weighted by atomic mass is 10.4. The van der Waals surface area contributed by atoms with Gasteiger partial charge in [-0.1, -0.05) is 6.92 Å². The molecule has 1 saturated carbocycles. The van der Waals surface area contributed by atoms with Crippen molar-refractivity contribution >= 4 is 0 Å². The Balaban J connectivity index is 1.72. The molecule has 0 radical (unpaired) electrons. The van der Waals surface area contributed by atoms with Crippen LogP contribution in [-0.4, -0.2) is 19.7 Å². The maximum absolute atomic E-state index is 5.58. The van der Waals surface area contributed by atoms with Crippen molar-refractivity contribution in [2.24, 2.45) is 0 Å². The van der Waals surface area contributed by atoms with Crippen molar-refractivity contribution in [1.82, 2.24) is 19.7 Å². The second-order valence-electron chi connectivity index (χ2n) is 4.20. The summed E-state index contributed by atoms with van der Waals surface area (Å²) in [6.07, 6.45) is 7.14. The van der Waals surface area contributed by atoms with Crippen LogP contribution < -0.4 is 0 Å². The van der Waals surface area contributed by atoms with Crippen molar-refractivity contribution < 1.29 is 4.42 Å². The summed E-state index contributed by atoms with van der Waals surface area (Å²) in [6.45, 7) is 2.71. The van der Waals surface area contributed by atoms with Crippen molar-refractivity contribution in [1.29, 1.82) is 0 Å². The smallest absolute Gasteiger partial charge is 0.236 e. The first-order chi connectivity index (χ1) is 7.85. The molecule has 16 heavy (non-hydrogen) atoms. The van der Waals surface area contributed by atoms with E-state index in [0.717, 1.165) is 18.0 Å². The molecule has 84 valence electrons. The van der Waals surface area contributed by atoms with E-state index in [2.05, 4.69) is 22.1 Å². The van der Waals surface area contributed by atoms with Crippen LogP contribution in [0.3, 0.4) is 0 Å². The van der Waals surface area contributed by atoms with E-state index in [1.54, 1.807) is 6.33 Å². The van der Waals surface area contributed by atoms with Gasteiger partial charge in [0.05, 0.1) is 12.0 Å². The Hall–Kier alpha value is -1.65. The van der Waals surface area contributed by atoms with Gasteiger partial charge in [-0.25, -0.2) is 4.98 Å². The minimum Gasteiger partial charge on any atom is -0.423 e. The molecule has 0 saturated heterocycles. The molecular weight excluding hydrogens is 204 g/mol. The zero-order chi connectivity index (χ0) is 11.0. The number of rotatable bonds is 4. The monoisotopic (exact) mass is 218 g/mol. The van der Waals surface area contributed by atoms with Gasteiger partial charge in [0.25, 0.3) is 0 Å². The third-order valence-electron chi connectivity index (χ3n) is 2.78. The number of imidazole rings is 1. The van der Waals surface area contributed by atoms with Crippen LogP contribution >= 0.6 is 0 Å². The Morgan fingerprint density at radius 3 is 3.00 bits per heavy atom. The predicted octanol–water partition coefficient (Wildman–Crippen LogP) is 1.75. The SMILES string of the molecule is CCc1cn(Cc2nnc(C3CC3)o2)cn1. The van der Waals surface area contributed by atoms with E-state index in [1.165, 1.54) is 12.8 Å². The largest absolute Gasteiger partial charge is 0.423 e. The molecule has 0 bridgehead atoms. The predicted molar refractivity (Wildman–Crippen MR) is 57.0 cm³/mol. The zero-order valence-electron chi connectivity index (χ0n) is 9.26. The number of hydrogen-bond acceptors (Lipinski definition) is 4. The van der Waals surface area contributed by atoms with E-state index < -0.39 is 0 Å². The Morgan fingerprint density at radius 2 is 2.31 bits per heavy atom. The van der Waals surface area contributed by atoms with Crippen molar-refractivity contribution in [3.8, 4) is 0 Å². The Labute approximate surface area is 93.5 Å². The molecule has 0 spiro atoms. The highest BCUT2D eigenvalue weighted by Crippen LogP contribution is 2.38. The van der Waals surface area contributed by atoms with E-state index in [0.29, 0.717) is 18.4 Å². The molecule has 2 aromatic heterocycles. The molecule has 0 atom stereocenters. The van der Waals surface area contributed by atoms with Crippen LogP contribution in [0.25, 0.3) is 0 Å². The molecule has 0 amide bonds. The van der Waals surface area contributed by atoms with Crippen LogP contribution in [0.1, 0.15) is 43.2 Å². The van der Waals surface area contributed by atoms with Crippen molar-refractivity contribution in [3.63, 3.8) is 0 Å². The number of hydrogen-bond donors (Lipinski definition) is 0. The molecule has 0 aromatic carbocycles. The van der Waals surface area contributed by atoms with E-state index in [4.69, 9.17) is 4.42 Å². The summed E-state index contributed by atoms with van der Waals surface area (Å²) >= 11 is 0. The van der Waals surface area contributed by atoms with Gasteiger partial charge < -0.3 is 8.98 Å². The van der Waals surface area contributed by atoms with Crippen LogP contribution in [0.2, 0.25) is 0 Å². The third kappa shape index (κ3) is 1.85. The van der Waals surface area contributed by atoms with Crippen LogP contribution in [0.5, 0.6) is 0 Å². The first kappa shape index (κ1) is 9.57. The Kier molecular flexibility index (Phi) is 2.23. The van der Waals surface area contributed by atoms with E-state index in [-0.39, 0.29) is 0 Å². The summed E-state index contributed by atoms with van der Waals surface area (Å²) in [4.78, 5) is 4.26. The summed E-state index contributed by atoms with van der Waals surface area (Å²) in [5, 5.41) is 8.09. The summed E-state index contributed by atoms with van der Waals surface area (Å²) in [7, 11) is 0. The normalized spacial score (nSPS) is 15.6. The standard InChI is InChI=1S/C11H14N4O/c1-2-9-5-15(7-12-9)6-10-13-14-11(16-10)8-3-4-8/h5,7-8H,2-4,6H2,1H3. The highest BCUT2D eigenvalue weighted by molar-refractivity contribution is 5.01. The molecule has 0 aliphatic heterocycles. The zero-order valence-corrected chi connectivity index (χ0v) is 9.26. The van der Waals surface area contributed by atoms with Gasteiger partial charge in [0.15, 0.2) is 0 Å². The number of aromatic nitrogens is 4. The quantitative estimate of drug-likeness (QED) is 0.784. The second kappa shape index (κ2) is 3.73. The van der Waals surface area contributed by atoms with E-state index in [1.807, 2.05) is 10.8 Å². The van der Waals surface area contributed by atoms with Crippen molar-refractivity contribution in [3.05, 3.63) is 30.0 Å². The van der Waals surface area contributed by atoms with Crippen LogP contribution in [0.4, 0.5) is 0 Å². The van der Waals surface area contributed by atoms with Crippen LogP contribution in [0, 0.1) is 0 Å². The molecule has 1 fully saturated rings. The molecule has 1 aliphatic rings. The average Bonchev–Trinajstić information content (AvgIpc) is 2.88. The fourth-order valence-electron chi connectivity index (χ4n) is 1.66. The Bertz CT molecular complexity index is 484. The average molecular weight is 218 g/mol. The molecule has 3 rings (SSSR count). The maximum Gasteiger partial charge on any atom is 0.236 e. The highest BCUT2D eigenvalue weighted by atomic mass is 16.4. The Morgan fingerprint density at radius 1 is 1.44 bits per heavy atom. The summed E-state index contributed by atoms with van der Waals surface area (Å²) in [5.41, 5.74) is 1.09. The van der Waals surface area contributed by atoms with E-state index in [9.17, 15) is 0 Å².